The molecule has 94 valence electrons. The van der Waals surface area contributed by atoms with Crippen LogP contribution in [0.5, 0.6) is 5.75 Å². The Morgan fingerprint density at radius 1 is 1.18 bits per heavy atom. The van der Waals surface area contributed by atoms with Gasteiger partial charge in [-0.05, 0) is 36.0 Å². The minimum Gasteiger partial charge on any atom is -0.508 e. The first kappa shape index (κ1) is 12.4. The summed E-state index contributed by atoms with van der Waals surface area (Å²) in [5, 5.41) is 12.9. The Morgan fingerprint density at radius 2 is 1.88 bits per heavy atom. The molecule has 3 unspecified atom stereocenters. The SMILES string of the molecule is CC1CCCC(NCc2ccc(O)cc2)C1C. The molecule has 0 spiro atoms. The molecular formula is C15H23NO. The van der Waals surface area contributed by atoms with Crippen LogP contribution < -0.4 is 5.32 Å². The molecular weight excluding hydrogens is 210 g/mol. The van der Waals surface area contributed by atoms with Gasteiger partial charge in [-0.1, -0.05) is 38.8 Å². The zero-order valence-electron chi connectivity index (χ0n) is 10.8. The highest BCUT2D eigenvalue weighted by molar-refractivity contribution is 5.25. The van der Waals surface area contributed by atoms with Gasteiger partial charge in [-0.2, -0.15) is 0 Å². The predicted molar refractivity (Wildman–Crippen MR) is 70.9 cm³/mol. The summed E-state index contributed by atoms with van der Waals surface area (Å²) in [6, 6.07) is 8.12. The number of benzene rings is 1. The zero-order valence-corrected chi connectivity index (χ0v) is 10.8. The van der Waals surface area contributed by atoms with Gasteiger partial charge in [0.2, 0.25) is 0 Å². The lowest BCUT2D eigenvalue weighted by Crippen LogP contribution is -2.40. The lowest BCUT2D eigenvalue weighted by atomic mass is 9.78. The van der Waals surface area contributed by atoms with Gasteiger partial charge in [-0.15, -0.1) is 0 Å². The van der Waals surface area contributed by atoms with E-state index in [-0.39, 0.29) is 0 Å². The van der Waals surface area contributed by atoms with Gasteiger partial charge in [0.1, 0.15) is 5.75 Å². The Kier molecular flexibility index (Phi) is 4.06. The molecule has 0 heterocycles. The van der Waals surface area contributed by atoms with Crippen molar-refractivity contribution in [2.45, 2.75) is 45.7 Å². The number of hydrogen-bond donors (Lipinski definition) is 2. The van der Waals surface area contributed by atoms with Crippen molar-refractivity contribution in [3.05, 3.63) is 29.8 Å². The summed E-state index contributed by atoms with van der Waals surface area (Å²) in [4.78, 5) is 0. The second-order valence-corrected chi connectivity index (χ2v) is 5.42. The van der Waals surface area contributed by atoms with Gasteiger partial charge in [-0.3, -0.25) is 0 Å². The molecule has 0 amide bonds. The second-order valence-electron chi connectivity index (χ2n) is 5.42. The molecule has 0 radical (unpaired) electrons. The minimum absolute atomic E-state index is 0.341. The van der Waals surface area contributed by atoms with Gasteiger partial charge in [0.15, 0.2) is 0 Å². The normalized spacial score (nSPS) is 29.2. The van der Waals surface area contributed by atoms with Crippen molar-refractivity contribution in [3.8, 4) is 5.75 Å². The van der Waals surface area contributed by atoms with Crippen LogP contribution in [0.15, 0.2) is 24.3 Å². The van der Waals surface area contributed by atoms with Crippen molar-refractivity contribution < 1.29 is 5.11 Å². The molecule has 0 aromatic heterocycles. The van der Waals surface area contributed by atoms with E-state index in [1.54, 1.807) is 12.1 Å². The maximum Gasteiger partial charge on any atom is 0.115 e. The van der Waals surface area contributed by atoms with Gasteiger partial charge in [0.05, 0.1) is 0 Å². The summed E-state index contributed by atoms with van der Waals surface area (Å²) in [5.74, 6) is 1.94. The molecule has 1 aromatic carbocycles. The Balaban J connectivity index is 1.87. The van der Waals surface area contributed by atoms with Crippen LogP contribution in [0.4, 0.5) is 0 Å². The van der Waals surface area contributed by atoms with Crippen LogP contribution >= 0.6 is 0 Å². The van der Waals surface area contributed by atoms with Crippen molar-refractivity contribution >= 4 is 0 Å². The molecule has 1 fully saturated rings. The van der Waals surface area contributed by atoms with Gasteiger partial charge < -0.3 is 10.4 Å². The first-order valence-electron chi connectivity index (χ1n) is 6.68. The van der Waals surface area contributed by atoms with E-state index >= 15 is 0 Å². The average Bonchev–Trinajstić information content (AvgIpc) is 2.33. The molecule has 0 bridgehead atoms. The van der Waals surface area contributed by atoms with E-state index in [2.05, 4.69) is 19.2 Å². The smallest absolute Gasteiger partial charge is 0.115 e. The van der Waals surface area contributed by atoms with Gasteiger partial charge in [0, 0.05) is 12.6 Å². The molecule has 3 atom stereocenters. The largest absolute Gasteiger partial charge is 0.508 e. The van der Waals surface area contributed by atoms with E-state index in [4.69, 9.17) is 0 Å². The molecule has 2 nitrogen and oxygen atoms in total. The van der Waals surface area contributed by atoms with Crippen molar-refractivity contribution in [1.82, 2.24) is 5.32 Å². The van der Waals surface area contributed by atoms with Crippen molar-refractivity contribution in [2.75, 3.05) is 0 Å². The van der Waals surface area contributed by atoms with E-state index in [1.807, 2.05) is 12.1 Å². The predicted octanol–water partition coefficient (Wildman–Crippen LogP) is 3.31. The van der Waals surface area contributed by atoms with E-state index in [1.165, 1.54) is 24.8 Å². The lowest BCUT2D eigenvalue weighted by molar-refractivity contribution is 0.206. The number of nitrogens with one attached hydrogen (secondary N) is 1. The summed E-state index contributed by atoms with van der Waals surface area (Å²) in [6.07, 6.45) is 4.01. The molecule has 17 heavy (non-hydrogen) atoms. The van der Waals surface area contributed by atoms with E-state index in [0.717, 1.165) is 18.4 Å². The van der Waals surface area contributed by atoms with E-state index < -0.39 is 0 Å². The first-order valence-corrected chi connectivity index (χ1v) is 6.68. The summed E-state index contributed by atoms with van der Waals surface area (Å²) in [5.41, 5.74) is 1.24. The Bertz CT molecular complexity index is 346. The van der Waals surface area contributed by atoms with E-state index in [9.17, 15) is 5.11 Å². The van der Waals surface area contributed by atoms with Crippen LogP contribution in [0.2, 0.25) is 0 Å². The lowest BCUT2D eigenvalue weighted by Gasteiger charge is -2.34. The topological polar surface area (TPSA) is 32.3 Å². The zero-order chi connectivity index (χ0) is 12.3. The van der Waals surface area contributed by atoms with Crippen LogP contribution in [-0.2, 0) is 6.54 Å². The fourth-order valence-corrected chi connectivity index (χ4v) is 2.73. The number of phenolic OH excluding ortho intramolecular Hbond substituents is 1. The van der Waals surface area contributed by atoms with Crippen LogP contribution in [0.1, 0.15) is 38.7 Å². The number of aromatic hydroxyl groups is 1. The van der Waals surface area contributed by atoms with Crippen molar-refractivity contribution in [3.63, 3.8) is 0 Å². The van der Waals surface area contributed by atoms with Gasteiger partial charge in [-0.25, -0.2) is 0 Å². The van der Waals surface area contributed by atoms with Crippen molar-refractivity contribution in [2.24, 2.45) is 11.8 Å². The first-order chi connectivity index (χ1) is 8.16. The van der Waals surface area contributed by atoms with Crippen LogP contribution in [0, 0.1) is 11.8 Å². The molecule has 1 aromatic rings. The molecule has 0 saturated heterocycles. The maximum atomic E-state index is 9.23. The Hall–Kier alpha value is -1.02. The molecule has 1 aliphatic carbocycles. The summed E-state index contributed by atoms with van der Waals surface area (Å²) in [7, 11) is 0. The summed E-state index contributed by atoms with van der Waals surface area (Å²) >= 11 is 0. The fourth-order valence-electron chi connectivity index (χ4n) is 2.73. The van der Waals surface area contributed by atoms with Crippen LogP contribution in [0.3, 0.4) is 0 Å². The maximum absolute atomic E-state index is 9.23. The highest BCUT2D eigenvalue weighted by Crippen LogP contribution is 2.29. The monoisotopic (exact) mass is 233 g/mol. The third-order valence-corrected chi connectivity index (χ3v) is 4.21. The molecule has 2 heteroatoms. The average molecular weight is 233 g/mol. The minimum atomic E-state index is 0.341. The van der Waals surface area contributed by atoms with Gasteiger partial charge in [0.25, 0.3) is 0 Å². The Labute approximate surface area is 104 Å². The fraction of sp³-hybridized carbons (Fsp3) is 0.600. The summed E-state index contributed by atoms with van der Waals surface area (Å²) in [6.45, 7) is 5.62. The third-order valence-electron chi connectivity index (χ3n) is 4.21. The molecule has 2 rings (SSSR count). The highest BCUT2D eigenvalue weighted by Gasteiger charge is 2.26. The van der Waals surface area contributed by atoms with E-state index in [0.29, 0.717) is 11.8 Å². The standard InChI is InChI=1S/C15H23NO/c1-11-4-3-5-15(12(11)2)16-10-13-6-8-14(17)9-7-13/h6-9,11-12,15-17H,3-5,10H2,1-2H3. The number of phenols is 1. The van der Waals surface area contributed by atoms with Crippen LogP contribution in [-0.4, -0.2) is 11.1 Å². The van der Waals surface area contributed by atoms with Crippen molar-refractivity contribution in [1.29, 1.82) is 0 Å². The molecule has 2 N–H and O–H groups in total. The molecule has 1 saturated carbocycles. The number of hydrogen-bond acceptors (Lipinski definition) is 2. The summed E-state index contributed by atoms with van der Waals surface area (Å²) < 4.78 is 0. The molecule has 1 aliphatic rings. The molecule has 0 aliphatic heterocycles. The Morgan fingerprint density at radius 3 is 2.59 bits per heavy atom. The quantitative estimate of drug-likeness (QED) is 0.839. The third kappa shape index (κ3) is 3.22. The van der Waals surface area contributed by atoms with Gasteiger partial charge >= 0.3 is 0 Å². The highest BCUT2D eigenvalue weighted by atomic mass is 16.3. The number of rotatable bonds is 3. The van der Waals surface area contributed by atoms with Crippen LogP contribution in [0.25, 0.3) is 0 Å². The second kappa shape index (κ2) is 5.54.